The van der Waals surface area contributed by atoms with E-state index in [2.05, 4.69) is 15.9 Å². The molecule has 0 atom stereocenters. The van der Waals surface area contributed by atoms with Gasteiger partial charge in [0, 0.05) is 17.1 Å². The quantitative estimate of drug-likeness (QED) is 0.730. The predicted octanol–water partition coefficient (Wildman–Crippen LogP) is 1.71. The molecule has 0 unspecified atom stereocenters. The van der Waals surface area contributed by atoms with Gasteiger partial charge in [-0.15, -0.1) is 0 Å². The maximum Gasteiger partial charge on any atom is 0.419 e. The van der Waals surface area contributed by atoms with E-state index in [1.54, 1.807) is 13.1 Å². The lowest BCUT2D eigenvalue weighted by molar-refractivity contribution is 0.112. The molecule has 2 aromatic rings. The molecule has 0 aliphatic heterocycles. The lowest BCUT2D eigenvalue weighted by Gasteiger charge is -1.96. The Bertz CT molecular complexity index is 567. The van der Waals surface area contributed by atoms with Crippen molar-refractivity contribution < 1.29 is 9.21 Å². The second-order valence-electron chi connectivity index (χ2n) is 2.89. The zero-order valence-electron chi connectivity index (χ0n) is 7.28. The molecule has 1 aromatic heterocycles. The van der Waals surface area contributed by atoms with Crippen molar-refractivity contribution in [3.05, 3.63) is 32.7 Å². The van der Waals surface area contributed by atoms with E-state index in [0.29, 0.717) is 27.4 Å². The van der Waals surface area contributed by atoms with Crippen LogP contribution in [0, 0.1) is 0 Å². The largest absolute Gasteiger partial charge is 0.419 e. The van der Waals surface area contributed by atoms with Crippen LogP contribution in [0.25, 0.3) is 11.1 Å². The van der Waals surface area contributed by atoms with Gasteiger partial charge in [-0.25, -0.2) is 4.79 Å². The number of hydrogen-bond donors (Lipinski definition) is 0. The van der Waals surface area contributed by atoms with Gasteiger partial charge >= 0.3 is 5.76 Å². The SMILES string of the molecule is Cn1c(=O)oc2cc(C=O)cc(Br)c21. The fraction of sp³-hybridized carbons (Fsp3) is 0.111. The van der Waals surface area contributed by atoms with Crippen molar-refractivity contribution >= 4 is 33.3 Å². The highest BCUT2D eigenvalue weighted by Crippen LogP contribution is 2.23. The van der Waals surface area contributed by atoms with E-state index in [0.717, 1.165) is 0 Å². The third kappa shape index (κ3) is 1.21. The number of nitrogens with zero attached hydrogens (tertiary/aromatic N) is 1. The van der Waals surface area contributed by atoms with Crippen LogP contribution in [0.15, 0.2) is 25.8 Å². The van der Waals surface area contributed by atoms with Crippen molar-refractivity contribution in [3.8, 4) is 0 Å². The highest BCUT2D eigenvalue weighted by atomic mass is 79.9. The number of rotatable bonds is 1. The number of carbonyl (C=O) groups is 1. The van der Waals surface area contributed by atoms with Gasteiger partial charge < -0.3 is 4.42 Å². The summed E-state index contributed by atoms with van der Waals surface area (Å²) in [4.78, 5) is 21.7. The van der Waals surface area contributed by atoms with Gasteiger partial charge in [-0.3, -0.25) is 9.36 Å². The zero-order valence-corrected chi connectivity index (χ0v) is 8.87. The van der Waals surface area contributed by atoms with Crippen LogP contribution in [-0.2, 0) is 7.05 Å². The molecular weight excluding hydrogens is 250 g/mol. The Morgan fingerprint density at radius 3 is 2.86 bits per heavy atom. The Morgan fingerprint density at radius 2 is 2.21 bits per heavy atom. The van der Waals surface area contributed by atoms with E-state index in [9.17, 15) is 9.59 Å². The summed E-state index contributed by atoms with van der Waals surface area (Å²) in [6, 6.07) is 3.18. The van der Waals surface area contributed by atoms with Gasteiger partial charge in [-0.05, 0) is 28.1 Å². The molecule has 0 spiro atoms. The van der Waals surface area contributed by atoms with Crippen LogP contribution in [0.4, 0.5) is 0 Å². The molecule has 0 aliphatic carbocycles. The number of aldehydes is 1. The fourth-order valence-corrected chi connectivity index (χ4v) is 2.04. The van der Waals surface area contributed by atoms with Crippen LogP contribution in [0.3, 0.4) is 0 Å². The summed E-state index contributed by atoms with van der Waals surface area (Å²) in [5.41, 5.74) is 1.54. The number of hydrogen-bond acceptors (Lipinski definition) is 3. The van der Waals surface area contributed by atoms with E-state index in [-0.39, 0.29) is 0 Å². The van der Waals surface area contributed by atoms with Crippen molar-refractivity contribution in [2.75, 3.05) is 0 Å². The van der Waals surface area contributed by atoms with Gasteiger partial charge in [-0.1, -0.05) is 0 Å². The van der Waals surface area contributed by atoms with Crippen LogP contribution in [-0.4, -0.2) is 10.9 Å². The zero-order chi connectivity index (χ0) is 10.3. The minimum absolute atomic E-state index is 0.411. The molecule has 0 amide bonds. The monoisotopic (exact) mass is 255 g/mol. The highest BCUT2D eigenvalue weighted by Gasteiger charge is 2.10. The third-order valence-electron chi connectivity index (χ3n) is 1.99. The van der Waals surface area contributed by atoms with Crippen LogP contribution < -0.4 is 5.76 Å². The average Bonchev–Trinajstić information content (AvgIpc) is 2.43. The highest BCUT2D eigenvalue weighted by molar-refractivity contribution is 9.10. The summed E-state index contributed by atoms with van der Waals surface area (Å²) in [6.07, 6.45) is 0.706. The average molecular weight is 256 g/mol. The summed E-state index contributed by atoms with van der Waals surface area (Å²) in [7, 11) is 1.61. The maximum atomic E-state index is 11.2. The van der Waals surface area contributed by atoms with Gasteiger partial charge in [0.05, 0.1) is 0 Å². The standard InChI is InChI=1S/C9H6BrNO3/c1-11-8-6(10)2-5(4-12)3-7(8)14-9(11)13/h2-4H,1H3. The summed E-state index contributed by atoms with van der Waals surface area (Å²) >= 11 is 3.27. The van der Waals surface area contributed by atoms with E-state index in [4.69, 9.17) is 4.42 Å². The normalized spacial score (nSPS) is 10.7. The van der Waals surface area contributed by atoms with Gasteiger partial charge in [0.2, 0.25) is 0 Å². The molecule has 2 rings (SSSR count). The molecular formula is C9H6BrNO3. The molecule has 0 aliphatic rings. The van der Waals surface area contributed by atoms with Gasteiger partial charge in [-0.2, -0.15) is 0 Å². The number of aromatic nitrogens is 1. The second-order valence-corrected chi connectivity index (χ2v) is 3.75. The summed E-state index contributed by atoms with van der Waals surface area (Å²) < 4.78 is 7.00. The van der Waals surface area contributed by atoms with Crippen molar-refractivity contribution in [1.29, 1.82) is 0 Å². The Balaban J connectivity index is 2.96. The van der Waals surface area contributed by atoms with Gasteiger partial charge in [0.25, 0.3) is 0 Å². The molecule has 0 radical (unpaired) electrons. The molecule has 0 N–H and O–H groups in total. The molecule has 5 heteroatoms. The molecule has 72 valence electrons. The fourth-order valence-electron chi connectivity index (χ4n) is 1.32. The molecule has 14 heavy (non-hydrogen) atoms. The number of aryl methyl sites for hydroxylation is 1. The van der Waals surface area contributed by atoms with Crippen molar-refractivity contribution in [2.24, 2.45) is 7.05 Å². The van der Waals surface area contributed by atoms with Crippen molar-refractivity contribution in [1.82, 2.24) is 4.57 Å². The number of halogens is 1. The minimum atomic E-state index is -0.441. The molecule has 1 aromatic carbocycles. The van der Waals surface area contributed by atoms with Gasteiger partial charge in [0.15, 0.2) is 5.58 Å². The van der Waals surface area contributed by atoms with Crippen LogP contribution in [0.2, 0.25) is 0 Å². The first-order chi connectivity index (χ1) is 6.63. The first-order valence-corrected chi connectivity index (χ1v) is 4.67. The Hall–Kier alpha value is -1.36. The summed E-state index contributed by atoms with van der Waals surface area (Å²) in [5.74, 6) is -0.441. The predicted molar refractivity (Wildman–Crippen MR) is 54.5 cm³/mol. The Labute approximate surface area is 87.3 Å². The second kappa shape index (κ2) is 3.09. The number of fused-ring (bicyclic) bond motifs is 1. The third-order valence-corrected chi connectivity index (χ3v) is 2.60. The maximum absolute atomic E-state index is 11.2. The molecule has 0 bridgehead atoms. The van der Waals surface area contributed by atoms with Crippen molar-refractivity contribution in [3.63, 3.8) is 0 Å². The molecule has 4 nitrogen and oxygen atoms in total. The first kappa shape index (κ1) is 9.21. The summed E-state index contributed by atoms with van der Waals surface area (Å²) in [6.45, 7) is 0. The van der Waals surface area contributed by atoms with E-state index >= 15 is 0 Å². The Morgan fingerprint density at radius 1 is 1.50 bits per heavy atom. The molecule has 1 heterocycles. The van der Waals surface area contributed by atoms with Crippen LogP contribution in [0.1, 0.15) is 10.4 Å². The van der Waals surface area contributed by atoms with E-state index in [1.807, 2.05) is 0 Å². The number of carbonyl (C=O) groups excluding carboxylic acids is 1. The summed E-state index contributed by atoms with van der Waals surface area (Å²) in [5, 5.41) is 0. The lowest BCUT2D eigenvalue weighted by atomic mass is 10.2. The van der Waals surface area contributed by atoms with Crippen LogP contribution >= 0.6 is 15.9 Å². The minimum Gasteiger partial charge on any atom is -0.408 e. The topological polar surface area (TPSA) is 52.2 Å². The Kier molecular flexibility index (Phi) is 2.03. The molecule has 0 saturated heterocycles. The van der Waals surface area contributed by atoms with E-state index in [1.165, 1.54) is 10.6 Å². The lowest BCUT2D eigenvalue weighted by Crippen LogP contribution is -2.08. The van der Waals surface area contributed by atoms with Gasteiger partial charge in [0.1, 0.15) is 11.8 Å². The van der Waals surface area contributed by atoms with Crippen LogP contribution in [0.5, 0.6) is 0 Å². The number of benzene rings is 1. The van der Waals surface area contributed by atoms with E-state index < -0.39 is 5.76 Å². The smallest absolute Gasteiger partial charge is 0.408 e. The molecule has 0 fully saturated rings. The molecule has 0 saturated carbocycles. The van der Waals surface area contributed by atoms with Crippen molar-refractivity contribution in [2.45, 2.75) is 0 Å². The number of oxazole rings is 1. The first-order valence-electron chi connectivity index (χ1n) is 3.87.